The number of rotatable bonds is 4. The first-order chi connectivity index (χ1) is 21.0. The first-order valence-corrected chi connectivity index (χ1v) is 14.6. The molecule has 0 unspecified atom stereocenters. The van der Waals surface area contributed by atoms with Crippen LogP contribution in [0.15, 0.2) is 134 Å². The molecular formula is C39H28N4. The van der Waals surface area contributed by atoms with Gasteiger partial charge in [0.05, 0.1) is 33.5 Å². The van der Waals surface area contributed by atoms with E-state index in [4.69, 9.17) is 9.97 Å². The van der Waals surface area contributed by atoms with Crippen LogP contribution in [0.5, 0.6) is 0 Å². The fourth-order valence-electron chi connectivity index (χ4n) is 6.05. The normalized spacial score (nSPS) is 12.0. The van der Waals surface area contributed by atoms with Crippen LogP contribution in [0.3, 0.4) is 0 Å². The second-order valence-electron chi connectivity index (χ2n) is 11.6. The Balaban J connectivity index is 1.09. The topological polar surface area (TPSA) is 51.6 Å². The van der Waals surface area contributed by atoms with Crippen LogP contribution in [-0.2, 0) is 5.41 Å². The molecule has 0 atom stereocenters. The predicted molar refractivity (Wildman–Crippen MR) is 177 cm³/mol. The van der Waals surface area contributed by atoms with Gasteiger partial charge in [-0.1, -0.05) is 111 Å². The molecule has 4 heteroatoms. The number of aromatic nitrogens is 4. The summed E-state index contributed by atoms with van der Waals surface area (Å²) in [6.07, 6.45) is 3.66. The van der Waals surface area contributed by atoms with Gasteiger partial charge in [0.1, 0.15) is 0 Å². The molecule has 4 aromatic carbocycles. The molecule has 43 heavy (non-hydrogen) atoms. The molecule has 0 saturated carbocycles. The van der Waals surface area contributed by atoms with E-state index in [0.29, 0.717) is 0 Å². The number of hydrogen-bond acceptors (Lipinski definition) is 4. The van der Waals surface area contributed by atoms with E-state index >= 15 is 0 Å². The summed E-state index contributed by atoms with van der Waals surface area (Å²) in [6, 6.07) is 42.6. The lowest BCUT2D eigenvalue weighted by Gasteiger charge is -2.26. The van der Waals surface area contributed by atoms with Crippen LogP contribution >= 0.6 is 0 Å². The van der Waals surface area contributed by atoms with Crippen LogP contribution in [0.4, 0.5) is 0 Å². The lowest BCUT2D eigenvalue weighted by atomic mass is 9.77. The van der Waals surface area contributed by atoms with Gasteiger partial charge in [-0.05, 0) is 35.4 Å². The molecule has 0 amide bonds. The average Bonchev–Trinajstić information content (AvgIpc) is 3.08. The molecule has 0 aliphatic heterocycles. The van der Waals surface area contributed by atoms with Gasteiger partial charge in [0.2, 0.25) is 0 Å². The van der Waals surface area contributed by atoms with Crippen molar-refractivity contribution in [3.05, 3.63) is 145 Å². The molecule has 8 aromatic rings. The smallest absolute Gasteiger partial charge is 0.0972 e. The zero-order valence-electron chi connectivity index (χ0n) is 24.0. The first-order valence-electron chi connectivity index (χ1n) is 14.6. The molecule has 0 radical (unpaired) electrons. The summed E-state index contributed by atoms with van der Waals surface area (Å²) in [7, 11) is 0. The van der Waals surface area contributed by atoms with Crippen molar-refractivity contribution >= 4 is 43.6 Å². The Labute approximate surface area is 249 Å². The maximum absolute atomic E-state index is 5.03. The van der Waals surface area contributed by atoms with Gasteiger partial charge in [0, 0.05) is 50.5 Å². The quantitative estimate of drug-likeness (QED) is 0.204. The molecule has 0 bridgehead atoms. The molecule has 0 spiro atoms. The van der Waals surface area contributed by atoms with Gasteiger partial charge in [0.15, 0.2) is 0 Å². The zero-order valence-corrected chi connectivity index (χ0v) is 24.0. The minimum absolute atomic E-state index is 0.176. The van der Waals surface area contributed by atoms with E-state index in [-0.39, 0.29) is 5.41 Å². The highest BCUT2D eigenvalue weighted by atomic mass is 14.8. The van der Waals surface area contributed by atoms with Gasteiger partial charge in [0.25, 0.3) is 0 Å². The fraction of sp³-hybridized carbons (Fsp3) is 0.0769. The van der Waals surface area contributed by atoms with Gasteiger partial charge in [-0.15, -0.1) is 0 Å². The summed E-state index contributed by atoms with van der Waals surface area (Å²) in [5, 5.41) is 4.40. The largest absolute Gasteiger partial charge is 0.254 e. The van der Waals surface area contributed by atoms with E-state index in [0.717, 1.165) is 66.1 Å². The zero-order chi connectivity index (χ0) is 29.0. The van der Waals surface area contributed by atoms with E-state index in [1.165, 1.54) is 11.1 Å². The van der Waals surface area contributed by atoms with Crippen LogP contribution in [0.25, 0.3) is 66.1 Å². The second kappa shape index (κ2) is 9.81. The Kier molecular flexibility index (Phi) is 5.76. The molecular weight excluding hydrogens is 524 g/mol. The van der Waals surface area contributed by atoms with Crippen LogP contribution < -0.4 is 0 Å². The van der Waals surface area contributed by atoms with E-state index < -0.39 is 0 Å². The van der Waals surface area contributed by atoms with Gasteiger partial charge < -0.3 is 0 Å². The molecule has 204 valence electrons. The number of nitrogens with zero attached hydrogens (tertiary/aromatic N) is 4. The van der Waals surface area contributed by atoms with Gasteiger partial charge in [-0.2, -0.15) is 0 Å². The Morgan fingerprint density at radius 1 is 0.395 bits per heavy atom. The highest BCUT2D eigenvalue weighted by molar-refractivity contribution is 6.04. The number of fused-ring (bicyclic) bond motifs is 6. The van der Waals surface area contributed by atoms with Gasteiger partial charge in [-0.25, -0.2) is 9.97 Å². The molecule has 0 fully saturated rings. The third-order valence-corrected chi connectivity index (χ3v) is 8.67. The Hall–Kier alpha value is -5.48. The van der Waals surface area contributed by atoms with Crippen molar-refractivity contribution < 1.29 is 0 Å². The molecule has 4 aromatic heterocycles. The molecule has 8 rings (SSSR count). The average molecular weight is 553 g/mol. The fourth-order valence-corrected chi connectivity index (χ4v) is 6.05. The van der Waals surface area contributed by atoms with Crippen LogP contribution in [0, 0.1) is 0 Å². The minimum Gasteiger partial charge on any atom is -0.254 e. The summed E-state index contributed by atoms with van der Waals surface area (Å²) in [4.78, 5) is 19.3. The minimum atomic E-state index is -0.176. The number of benzene rings is 4. The Bertz CT molecular complexity index is 2140. The van der Waals surface area contributed by atoms with E-state index in [9.17, 15) is 0 Å². The summed E-state index contributed by atoms with van der Waals surface area (Å²) < 4.78 is 0. The maximum atomic E-state index is 5.03. The molecule has 0 saturated heterocycles. The molecule has 0 aliphatic carbocycles. The Morgan fingerprint density at radius 3 is 1.19 bits per heavy atom. The summed E-state index contributed by atoms with van der Waals surface area (Å²) in [5.74, 6) is 0. The third kappa shape index (κ3) is 4.31. The van der Waals surface area contributed by atoms with Crippen molar-refractivity contribution in [2.75, 3.05) is 0 Å². The van der Waals surface area contributed by atoms with Crippen molar-refractivity contribution in [3.63, 3.8) is 0 Å². The highest BCUT2D eigenvalue weighted by Gasteiger charge is 2.23. The summed E-state index contributed by atoms with van der Waals surface area (Å²) in [6.45, 7) is 4.55. The van der Waals surface area contributed by atoms with Crippen LogP contribution in [-0.4, -0.2) is 19.9 Å². The Morgan fingerprint density at radius 2 is 0.767 bits per heavy atom. The van der Waals surface area contributed by atoms with E-state index in [2.05, 4.69) is 133 Å². The third-order valence-electron chi connectivity index (χ3n) is 8.67. The summed E-state index contributed by atoms with van der Waals surface area (Å²) in [5.41, 5.74) is 10.1. The van der Waals surface area contributed by atoms with Crippen molar-refractivity contribution in [2.24, 2.45) is 0 Å². The van der Waals surface area contributed by atoms with Gasteiger partial charge >= 0.3 is 0 Å². The first kappa shape index (κ1) is 25.2. The predicted octanol–water partition coefficient (Wildman–Crippen LogP) is 9.54. The standard InChI is InChI=1S/C39H28N4/c1-39(2,31-17-11-25(12-18-31)33-21-15-29-9-7-27-5-3-23-40-35(27)37(29)42-33)32-19-13-26(14-20-32)34-22-16-30-10-8-28-6-4-24-41-36(28)38(30)43-34/h3-24H,1-2H3. The monoisotopic (exact) mass is 552 g/mol. The highest BCUT2D eigenvalue weighted by Crippen LogP contribution is 2.35. The number of pyridine rings is 4. The van der Waals surface area contributed by atoms with Crippen molar-refractivity contribution in [2.45, 2.75) is 19.3 Å². The molecule has 0 aliphatic rings. The van der Waals surface area contributed by atoms with Crippen molar-refractivity contribution in [1.82, 2.24) is 19.9 Å². The SMILES string of the molecule is CC(C)(c1ccc(-c2ccc3ccc4cccnc4c3n2)cc1)c1ccc(-c2ccc3ccc4cccnc4c3n2)cc1. The van der Waals surface area contributed by atoms with Crippen molar-refractivity contribution in [3.8, 4) is 22.5 Å². The van der Waals surface area contributed by atoms with E-state index in [1.54, 1.807) is 0 Å². The van der Waals surface area contributed by atoms with Crippen LogP contribution in [0.1, 0.15) is 25.0 Å². The van der Waals surface area contributed by atoms with Crippen LogP contribution in [0.2, 0.25) is 0 Å². The molecule has 4 heterocycles. The number of hydrogen-bond donors (Lipinski definition) is 0. The van der Waals surface area contributed by atoms with Gasteiger partial charge in [-0.3, -0.25) is 9.97 Å². The molecule has 0 N–H and O–H groups in total. The lowest BCUT2D eigenvalue weighted by molar-refractivity contribution is 0.641. The molecule has 4 nitrogen and oxygen atoms in total. The summed E-state index contributed by atoms with van der Waals surface area (Å²) >= 11 is 0. The van der Waals surface area contributed by atoms with E-state index in [1.807, 2.05) is 24.5 Å². The lowest BCUT2D eigenvalue weighted by Crippen LogP contribution is -2.18. The maximum Gasteiger partial charge on any atom is 0.0972 e. The second-order valence-corrected chi connectivity index (χ2v) is 11.6. The van der Waals surface area contributed by atoms with Crippen molar-refractivity contribution in [1.29, 1.82) is 0 Å².